The third-order valence-corrected chi connectivity index (χ3v) is 3.57. The van der Waals surface area contributed by atoms with Crippen molar-refractivity contribution in [2.24, 2.45) is 5.10 Å². The molecule has 1 N–H and O–H groups in total. The van der Waals surface area contributed by atoms with Gasteiger partial charge in [-0.15, -0.1) is 0 Å². The standard InChI is InChI=1S/C13H16ClN3S/c1-15-13(18)17-9-3-2-4-12(16-17)10-5-7-11(14)8-6-10/h5-8H,2-4,9H2,1H3,(H,15,18). The van der Waals surface area contributed by atoms with Crippen LogP contribution in [0.2, 0.25) is 5.02 Å². The van der Waals surface area contributed by atoms with Crippen molar-refractivity contribution < 1.29 is 0 Å². The molecule has 5 heteroatoms. The lowest BCUT2D eigenvalue weighted by Crippen LogP contribution is -2.34. The van der Waals surface area contributed by atoms with Gasteiger partial charge in [-0.2, -0.15) is 5.10 Å². The van der Waals surface area contributed by atoms with Gasteiger partial charge in [0.2, 0.25) is 0 Å². The lowest BCUT2D eigenvalue weighted by atomic mass is 10.1. The smallest absolute Gasteiger partial charge is 0.189 e. The summed E-state index contributed by atoms with van der Waals surface area (Å²) < 4.78 is 0. The highest BCUT2D eigenvalue weighted by molar-refractivity contribution is 7.80. The van der Waals surface area contributed by atoms with E-state index in [2.05, 4.69) is 10.4 Å². The Balaban J connectivity index is 2.26. The molecule has 0 bridgehead atoms. The Bertz CT molecular complexity index is 456. The van der Waals surface area contributed by atoms with Crippen LogP contribution in [0, 0.1) is 0 Å². The minimum Gasteiger partial charge on any atom is -0.364 e. The van der Waals surface area contributed by atoms with Crippen molar-refractivity contribution in [2.45, 2.75) is 19.3 Å². The molecular formula is C13H16ClN3S. The van der Waals surface area contributed by atoms with Crippen molar-refractivity contribution in [1.29, 1.82) is 0 Å². The summed E-state index contributed by atoms with van der Waals surface area (Å²) in [6.45, 7) is 0.872. The van der Waals surface area contributed by atoms with Crippen molar-refractivity contribution in [3.63, 3.8) is 0 Å². The first-order valence-corrected chi connectivity index (χ1v) is 6.82. The largest absolute Gasteiger partial charge is 0.364 e. The van der Waals surface area contributed by atoms with Crippen molar-refractivity contribution in [3.05, 3.63) is 34.9 Å². The molecule has 0 saturated carbocycles. The fraction of sp³-hybridized carbons (Fsp3) is 0.385. The highest BCUT2D eigenvalue weighted by Crippen LogP contribution is 2.16. The highest BCUT2D eigenvalue weighted by Gasteiger charge is 2.14. The Labute approximate surface area is 118 Å². The first kappa shape index (κ1) is 13.3. The molecular weight excluding hydrogens is 266 g/mol. The summed E-state index contributed by atoms with van der Waals surface area (Å²) in [7, 11) is 1.82. The first-order chi connectivity index (χ1) is 8.70. The predicted octanol–water partition coefficient (Wildman–Crippen LogP) is 3.03. The van der Waals surface area contributed by atoms with Crippen LogP contribution in [-0.4, -0.2) is 29.4 Å². The van der Waals surface area contributed by atoms with Gasteiger partial charge < -0.3 is 5.32 Å². The maximum absolute atomic E-state index is 5.90. The molecule has 0 amide bonds. The average Bonchev–Trinajstić information content (AvgIpc) is 2.64. The molecule has 0 unspecified atom stereocenters. The number of hydrogen-bond donors (Lipinski definition) is 1. The summed E-state index contributed by atoms with van der Waals surface area (Å²) >= 11 is 11.1. The zero-order valence-electron chi connectivity index (χ0n) is 10.3. The fourth-order valence-corrected chi connectivity index (χ4v) is 2.18. The predicted molar refractivity (Wildman–Crippen MR) is 80.2 cm³/mol. The molecule has 0 spiro atoms. The second-order valence-corrected chi connectivity index (χ2v) is 5.01. The Morgan fingerprint density at radius 3 is 2.72 bits per heavy atom. The second kappa shape index (κ2) is 6.16. The van der Waals surface area contributed by atoms with Gasteiger partial charge in [0.15, 0.2) is 5.11 Å². The van der Waals surface area contributed by atoms with Crippen molar-refractivity contribution in [3.8, 4) is 0 Å². The molecule has 1 aliphatic heterocycles. The van der Waals surface area contributed by atoms with Gasteiger partial charge in [-0.1, -0.05) is 23.7 Å². The molecule has 0 aromatic heterocycles. The summed E-state index contributed by atoms with van der Waals surface area (Å²) in [5, 5.41) is 10.9. The number of hydrogen-bond acceptors (Lipinski definition) is 2. The topological polar surface area (TPSA) is 27.6 Å². The van der Waals surface area contributed by atoms with Crippen LogP contribution in [0.4, 0.5) is 0 Å². The van der Waals surface area contributed by atoms with E-state index in [4.69, 9.17) is 23.8 Å². The molecule has 0 saturated heterocycles. The Hall–Kier alpha value is -1.13. The summed E-state index contributed by atoms with van der Waals surface area (Å²) in [5.74, 6) is 0. The first-order valence-electron chi connectivity index (χ1n) is 6.03. The SMILES string of the molecule is CNC(=S)N1CCCCC(c2ccc(Cl)cc2)=N1. The van der Waals surface area contributed by atoms with Gasteiger partial charge in [0, 0.05) is 18.6 Å². The molecule has 1 aliphatic rings. The number of rotatable bonds is 1. The number of halogens is 1. The molecule has 2 rings (SSSR count). The van der Waals surface area contributed by atoms with Crippen LogP contribution < -0.4 is 5.32 Å². The van der Waals surface area contributed by atoms with Gasteiger partial charge in [0.05, 0.1) is 5.71 Å². The van der Waals surface area contributed by atoms with E-state index in [1.807, 2.05) is 36.3 Å². The molecule has 0 aliphatic carbocycles. The molecule has 0 radical (unpaired) electrons. The number of hydrazone groups is 1. The lowest BCUT2D eigenvalue weighted by Gasteiger charge is -2.18. The van der Waals surface area contributed by atoms with Crippen LogP contribution in [0.15, 0.2) is 29.4 Å². The van der Waals surface area contributed by atoms with E-state index < -0.39 is 0 Å². The van der Waals surface area contributed by atoms with Crippen LogP contribution in [-0.2, 0) is 0 Å². The Kier molecular flexibility index (Phi) is 4.55. The van der Waals surface area contributed by atoms with Gasteiger partial charge in [0.25, 0.3) is 0 Å². The quantitative estimate of drug-likeness (QED) is 0.802. The van der Waals surface area contributed by atoms with E-state index >= 15 is 0 Å². The van der Waals surface area contributed by atoms with Crippen LogP contribution in [0.5, 0.6) is 0 Å². The summed E-state index contributed by atoms with van der Waals surface area (Å²) in [6, 6.07) is 7.80. The molecule has 1 heterocycles. The number of nitrogens with one attached hydrogen (secondary N) is 1. The second-order valence-electron chi connectivity index (χ2n) is 4.19. The molecule has 1 aromatic carbocycles. The Morgan fingerprint density at radius 2 is 2.06 bits per heavy atom. The summed E-state index contributed by atoms with van der Waals surface area (Å²) in [6.07, 6.45) is 3.21. The third kappa shape index (κ3) is 3.21. The number of benzene rings is 1. The minimum atomic E-state index is 0.670. The van der Waals surface area contributed by atoms with E-state index in [1.165, 1.54) is 0 Å². The van der Waals surface area contributed by atoms with E-state index in [0.717, 1.165) is 42.1 Å². The van der Waals surface area contributed by atoms with Gasteiger partial charge in [-0.3, -0.25) is 0 Å². The Morgan fingerprint density at radius 1 is 1.33 bits per heavy atom. The highest BCUT2D eigenvalue weighted by atomic mass is 35.5. The van der Waals surface area contributed by atoms with Gasteiger partial charge in [0.1, 0.15) is 0 Å². The molecule has 1 aromatic rings. The van der Waals surface area contributed by atoms with E-state index in [1.54, 1.807) is 0 Å². The number of thiocarbonyl (C=S) groups is 1. The maximum Gasteiger partial charge on any atom is 0.189 e. The molecule has 0 atom stereocenters. The van der Waals surface area contributed by atoms with Crippen molar-refractivity contribution >= 4 is 34.6 Å². The van der Waals surface area contributed by atoms with Crippen LogP contribution in [0.3, 0.4) is 0 Å². The van der Waals surface area contributed by atoms with E-state index in [9.17, 15) is 0 Å². The zero-order valence-corrected chi connectivity index (χ0v) is 11.9. The average molecular weight is 282 g/mol. The van der Waals surface area contributed by atoms with Crippen molar-refractivity contribution in [2.75, 3.05) is 13.6 Å². The van der Waals surface area contributed by atoms with E-state index in [-0.39, 0.29) is 0 Å². The van der Waals surface area contributed by atoms with E-state index in [0.29, 0.717) is 5.11 Å². The van der Waals surface area contributed by atoms with Gasteiger partial charge in [-0.25, -0.2) is 5.01 Å². The van der Waals surface area contributed by atoms with Crippen LogP contribution in [0.1, 0.15) is 24.8 Å². The molecule has 0 fully saturated rings. The minimum absolute atomic E-state index is 0.670. The summed E-state index contributed by atoms with van der Waals surface area (Å²) in [5.41, 5.74) is 2.19. The zero-order chi connectivity index (χ0) is 13.0. The molecule has 3 nitrogen and oxygen atoms in total. The fourth-order valence-electron chi connectivity index (χ4n) is 1.92. The lowest BCUT2D eigenvalue weighted by molar-refractivity contribution is 0.437. The molecule has 18 heavy (non-hydrogen) atoms. The maximum atomic E-state index is 5.90. The van der Waals surface area contributed by atoms with Gasteiger partial charge in [-0.05, 0) is 49.2 Å². The van der Waals surface area contributed by atoms with Crippen LogP contribution in [0.25, 0.3) is 0 Å². The van der Waals surface area contributed by atoms with Crippen LogP contribution >= 0.6 is 23.8 Å². The monoisotopic (exact) mass is 281 g/mol. The third-order valence-electron chi connectivity index (χ3n) is 2.90. The molecule has 96 valence electrons. The number of nitrogens with zero attached hydrogens (tertiary/aromatic N) is 2. The van der Waals surface area contributed by atoms with Gasteiger partial charge >= 0.3 is 0 Å². The van der Waals surface area contributed by atoms with Crippen molar-refractivity contribution in [1.82, 2.24) is 10.3 Å². The normalized spacial score (nSPS) is 15.9. The summed E-state index contributed by atoms with van der Waals surface area (Å²) in [4.78, 5) is 0.